The van der Waals surface area contributed by atoms with Crippen molar-refractivity contribution in [2.45, 2.75) is 25.3 Å². The zero-order valence-corrected chi connectivity index (χ0v) is 8.64. The molecule has 2 N–H and O–H groups in total. The molecule has 1 nitrogen and oxygen atoms in total. The first-order chi connectivity index (χ1) is 5.68. The third kappa shape index (κ3) is 1.41. The molecule has 1 aromatic carbocycles. The second kappa shape index (κ2) is 2.86. The van der Waals surface area contributed by atoms with Gasteiger partial charge in [-0.1, -0.05) is 28.1 Å². The Balaban J connectivity index is 2.33. The van der Waals surface area contributed by atoms with Gasteiger partial charge in [-0.25, -0.2) is 0 Å². The molecular weight excluding hydrogens is 214 g/mol. The minimum atomic E-state index is 0.393. The van der Waals surface area contributed by atoms with Crippen molar-refractivity contribution in [2.75, 3.05) is 0 Å². The van der Waals surface area contributed by atoms with Gasteiger partial charge in [-0.05, 0) is 30.5 Å². The molecule has 64 valence electrons. The molecule has 0 amide bonds. The molecule has 0 saturated heterocycles. The van der Waals surface area contributed by atoms with Gasteiger partial charge >= 0.3 is 0 Å². The summed E-state index contributed by atoms with van der Waals surface area (Å²) in [6, 6.07) is 6.87. The van der Waals surface area contributed by atoms with Crippen LogP contribution in [-0.4, -0.2) is 6.04 Å². The lowest BCUT2D eigenvalue weighted by atomic mass is 10.1. The fourth-order valence-electron chi connectivity index (χ4n) is 1.51. The summed E-state index contributed by atoms with van der Waals surface area (Å²) in [5.41, 5.74) is 8.44. The number of hydrogen-bond acceptors (Lipinski definition) is 1. The number of rotatable bonds is 1. The third-order valence-corrected chi connectivity index (χ3v) is 3.08. The molecule has 0 spiro atoms. The van der Waals surface area contributed by atoms with Crippen LogP contribution in [0.2, 0.25) is 0 Å². The molecule has 12 heavy (non-hydrogen) atoms. The Hall–Kier alpha value is -0.340. The maximum absolute atomic E-state index is 5.78. The first kappa shape index (κ1) is 8.27. The summed E-state index contributed by atoms with van der Waals surface area (Å²) in [6.07, 6.45) is 1.14. The molecule has 0 heterocycles. The van der Waals surface area contributed by atoms with E-state index in [1.165, 1.54) is 15.6 Å². The summed E-state index contributed by atoms with van der Waals surface area (Å²) in [6.45, 7) is 2.10. The highest BCUT2D eigenvalue weighted by Crippen LogP contribution is 2.42. The number of benzene rings is 1. The van der Waals surface area contributed by atoms with Gasteiger partial charge in [-0.15, -0.1) is 0 Å². The molecule has 0 radical (unpaired) electrons. The third-order valence-electron chi connectivity index (χ3n) is 2.40. The highest BCUT2D eigenvalue weighted by molar-refractivity contribution is 9.10. The van der Waals surface area contributed by atoms with Gasteiger partial charge in [0.05, 0.1) is 0 Å². The molecule has 0 aromatic heterocycles. The van der Waals surface area contributed by atoms with Crippen LogP contribution in [0.3, 0.4) is 0 Å². The Morgan fingerprint density at radius 3 is 2.67 bits per heavy atom. The maximum atomic E-state index is 5.78. The standard InChI is InChI=1S/C10H12BrN/c1-6-2-3-7(9(11)4-6)8-5-10(8)12/h2-4,8,10H,5,12H2,1H3. The molecule has 2 heteroatoms. The fraction of sp³-hybridized carbons (Fsp3) is 0.400. The van der Waals surface area contributed by atoms with Crippen LogP contribution >= 0.6 is 15.9 Å². The first-order valence-corrected chi connectivity index (χ1v) is 4.99. The Bertz CT molecular complexity index is 309. The van der Waals surface area contributed by atoms with Crippen molar-refractivity contribution in [3.8, 4) is 0 Å². The van der Waals surface area contributed by atoms with E-state index >= 15 is 0 Å². The van der Waals surface area contributed by atoms with E-state index in [2.05, 4.69) is 41.1 Å². The molecule has 2 atom stereocenters. The van der Waals surface area contributed by atoms with Crippen LogP contribution in [0.15, 0.2) is 22.7 Å². The topological polar surface area (TPSA) is 26.0 Å². The van der Waals surface area contributed by atoms with Gasteiger partial charge in [0.2, 0.25) is 0 Å². The summed E-state index contributed by atoms with van der Waals surface area (Å²) in [5, 5.41) is 0. The van der Waals surface area contributed by atoms with Crippen molar-refractivity contribution in [1.29, 1.82) is 0 Å². The number of halogens is 1. The monoisotopic (exact) mass is 225 g/mol. The maximum Gasteiger partial charge on any atom is 0.0213 e. The van der Waals surface area contributed by atoms with Gasteiger partial charge < -0.3 is 5.73 Å². The second-order valence-corrected chi connectivity index (χ2v) is 4.39. The van der Waals surface area contributed by atoms with E-state index in [9.17, 15) is 0 Å². The summed E-state index contributed by atoms with van der Waals surface area (Å²) < 4.78 is 1.21. The lowest BCUT2D eigenvalue weighted by Gasteiger charge is -2.03. The summed E-state index contributed by atoms with van der Waals surface area (Å²) >= 11 is 3.56. The number of hydrogen-bond donors (Lipinski definition) is 1. The zero-order valence-electron chi connectivity index (χ0n) is 7.05. The van der Waals surface area contributed by atoms with Gasteiger partial charge in [0.15, 0.2) is 0 Å². The highest BCUT2D eigenvalue weighted by atomic mass is 79.9. The zero-order chi connectivity index (χ0) is 8.72. The van der Waals surface area contributed by atoms with Gasteiger partial charge in [-0.3, -0.25) is 0 Å². The molecule has 1 aromatic rings. The normalized spacial score (nSPS) is 27.2. The number of nitrogens with two attached hydrogens (primary N) is 1. The Morgan fingerprint density at radius 1 is 1.50 bits per heavy atom. The second-order valence-electron chi connectivity index (χ2n) is 3.53. The van der Waals surface area contributed by atoms with Crippen molar-refractivity contribution in [1.82, 2.24) is 0 Å². The summed E-state index contributed by atoms with van der Waals surface area (Å²) in [7, 11) is 0. The van der Waals surface area contributed by atoms with E-state index in [0.717, 1.165) is 6.42 Å². The number of aryl methyl sites for hydroxylation is 1. The highest BCUT2D eigenvalue weighted by Gasteiger charge is 2.35. The quantitative estimate of drug-likeness (QED) is 0.782. The molecule has 1 aliphatic carbocycles. The summed E-state index contributed by atoms with van der Waals surface area (Å²) in [4.78, 5) is 0. The molecule has 2 unspecified atom stereocenters. The Kier molecular flexibility index (Phi) is 1.97. The van der Waals surface area contributed by atoms with E-state index in [1.807, 2.05) is 0 Å². The average Bonchev–Trinajstić information content (AvgIpc) is 2.66. The van der Waals surface area contributed by atoms with E-state index < -0.39 is 0 Å². The van der Waals surface area contributed by atoms with Crippen molar-refractivity contribution in [3.05, 3.63) is 33.8 Å². The molecular formula is C10H12BrN. The van der Waals surface area contributed by atoms with Gasteiger partial charge in [0.1, 0.15) is 0 Å². The molecule has 0 aliphatic heterocycles. The molecule has 1 fully saturated rings. The molecule has 0 bridgehead atoms. The Labute approximate surface area is 81.1 Å². The van der Waals surface area contributed by atoms with Crippen LogP contribution in [0.1, 0.15) is 23.5 Å². The Morgan fingerprint density at radius 2 is 2.17 bits per heavy atom. The minimum absolute atomic E-state index is 0.393. The largest absolute Gasteiger partial charge is 0.327 e. The van der Waals surface area contributed by atoms with Gasteiger partial charge in [0.25, 0.3) is 0 Å². The van der Waals surface area contributed by atoms with Crippen LogP contribution in [-0.2, 0) is 0 Å². The minimum Gasteiger partial charge on any atom is -0.327 e. The van der Waals surface area contributed by atoms with Crippen molar-refractivity contribution < 1.29 is 0 Å². The van der Waals surface area contributed by atoms with Crippen LogP contribution in [0.4, 0.5) is 0 Å². The molecule has 1 aliphatic rings. The molecule has 1 saturated carbocycles. The lowest BCUT2D eigenvalue weighted by Crippen LogP contribution is -2.01. The van der Waals surface area contributed by atoms with Crippen molar-refractivity contribution in [2.24, 2.45) is 5.73 Å². The SMILES string of the molecule is Cc1ccc(C2CC2N)c(Br)c1. The van der Waals surface area contributed by atoms with Gasteiger partial charge in [-0.2, -0.15) is 0 Å². The first-order valence-electron chi connectivity index (χ1n) is 4.20. The van der Waals surface area contributed by atoms with E-state index in [0.29, 0.717) is 12.0 Å². The van der Waals surface area contributed by atoms with Crippen molar-refractivity contribution >= 4 is 15.9 Å². The van der Waals surface area contributed by atoms with Crippen LogP contribution < -0.4 is 5.73 Å². The lowest BCUT2D eigenvalue weighted by molar-refractivity contribution is 0.984. The van der Waals surface area contributed by atoms with Crippen LogP contribution in [0, 0.1) is 6.92 Å². The van der Waals surface area contributed by atoms with Crippen LogP contribution in [0.5, 0.6) is 0 Å². The van der Waals surface area contributed by atoms with Crippen LogP contribution in [0.25, 0.3) is 0 Å². The molecule has 2 rings (SSSR count). The average molecular weight is 226 g/mol. The fourth-order valence-corrected chi connectivity index (χ4v) is 2.29. The van der Waals surface area contributed by atoms with E-state index in [4.69, 9.17) is 5.73 Å². The van der Waals surface area contributed by atoms with E-state index in [-0.39, 0.29) is 0 Å². The predicted molar refractivity (Wildman–Crippen MR) is 54.2 cm³/mol. The predicted octanol–water partition coefficient (Wildman–Crippen LogP) is 2.57. The summed E-state index contributed by atoms with van der Waals surface area (Å²) in [5.74, 6) is 0.597. The van der Waals surface area contributed by atoms with E-state index in [1.54, 1.807) is 0 Å². The van der Waals surface area contributed by atoms with Gasteiger partial charge in [0, 0.05) is 16.4 Å². The van der Waals surface area contributed by atoms with Crippen molar-refractivity contribution in [3.63, 3.8) is 0 Å². The smallest absolute Gasteiger partial charge is 0.0213 e.